The van der Waals surface area contributed by atoms with Gasteiger partial charge >= 0.3 is 0 Å². The minimum atomic E-state index is -0.129. The third kappa shape index (κ3) is 1.97. The minimum Gasteiger partial charge on any atom is -0.493 e. The largest absolute Gasteiger partial charge is 0.493 e. The Morgan fingerprint density at radius 2 is 1.96 bits per heavy atom. The number of benzene rings is 1. The summed E-state index contributed by atoms with van der Waals surface area (Å²) in [7, 11) is 3.37. The Morgan fingerprint density at radius 1 is 1.21 bits per heavy atom. The average Bonchev–Trinajstić information content (AvgIpc) is 2.88. The van der Waals surface area contributed by atoms with Crippen LogP contribution in [0.2, 0.25) is 0 Å². The maximum absolute atomic E-state index is 13.1. The zero-order valence-electron chi connectivity index (χ0n) is 14.6. The van der Waals surface area contributed by atoms with E-state index in [0.717, 1.165) is 37.3 Å². The number of fused-ring (bicyclic) bond motifs is 1. The van der Waals surface area contributed by atoms with E-state index in [-0.39, 0.29) is 10.8 Å². The molecule has 0 aromatic heterocycles. The van der Waals surface area contributed by atoms with Gasteiger partial charge in [-0.2, -0.15) is 11.8 Å². The summed E-state index contributed by atoms with van der Waals surface area (Å²) in [4.78, 5) is 15.3. The van der Waals surface area contributed by atoms with Gasteiger partial charge in [0.1, 0.15) is 0 Å². The topological polar surface area (TPSA) is 38.8 Å². The number of amides is 1. The van der Waals surface area contributed by atoms with E-state index in [2.05, 4.69) is 23.3 Å². The first-order valence-corrected chi connectivity index (χ1v) is 10.1. The highest BCUT2D eigenvalue weighted by atomic mass is 32.2. The fraction of sp³-hybridized carbons (Fsp3) is 0.632. The van der Waals surface area contributed by atoms with Crippen molar-refractivity contribution in [1.82, 2.24) is 4.90 Å². The van der Waals surface area contributed by atoms with Crippen LogP contribution < -0.4 is 9.47 Å². The highest BCUT2D eigenvalue weighted by Crippen LogP contribution is 2.58. The van der Waals surface area contributed by atoms with E-state index in [4.69, 9.17) is 9.47 Å². The van der Waals surface area contributed by atoms with Crippen LogP contribution in [0.1, 0.15) is 36.8 Å². The van der Waals surface area contributed by atoms with Crippen molar-refractivity contribution < 1.29 is 14.3 Å². The van der Waals surface area contributed by atoms with Crippen molar-refractivity contribution in [3.8, 4) is 11.5 Å². The highest BCUT2D eigenvalue weighted by molar-refractivity contribution is 7.99. The summed E-state index contributed by atoms with van der Waals surface area (Å²) >= 11 is 1.73. The van der Waals surface area contributed by atoms with Crippen LogP contribution in [0.3, 0.4) is 0 Å². The van der Waals surface area contributed by atoms with E-state index in [0.29, 0.717) is 11.8 Å². The van der Waals surface area contributed by atoms with Gasteiger partial charge in [-0.05, 0) is 48.8 Å². The highest BCUT2D eigenvalue weighted by Gasteiger charge is 2.61. The zero-order valence-corrected chi connectivity index (χ0v) is 15.4. The van der Waals surface area contributed by atoms with Crippen LogP contribution >= 0.6 is 11.8 Å². The molecule has 1 aromatic carbocycles. The first-order valence-electron chi connectivity index (χ1n) is 8.77. The summed E-state index contributed by atoms with van der Waals surface area (Å²) in [5, 5.41) is 0.101. The second-order valence-corrected chi connectivity index (χ2v) is 8.02. The fourth-order valence-electron chi connectivity index (χ4n) is 5.26. The normalized spacial score (nSPS) is 31.3. The summed E-state index contributed by atoms with van der Waals surface area (Å²) in [5.74, 6) is 2.32. The molecule has 24 heavy (non-hydrogen) atoms. The van der Waals surface area contributed by atoms with Gasteiger partial charge in [0.2, 0.25) is 5.91 Å². The van der Waals surface area contributed by atoms with Crippen LogP contribution in [0, 0.1) is 5.92 Å². The lowest BCUT2D eigenvalue weighted by Crippen LogP contribution is -2.52. The molecule has 0 radical (unpaired) electrons. The summed E-state index contributed by atoms with van der Waals surface area (Å²) in [5.41, 5.74) is 2.50. The molecule has 1 spiro atoms. The number of methoxy groups -OCH3 is 2. The molecule has 1 saturated heterocycles. The van der Waals surface area contributed by atoms with Crippen LogP contribution in [0.25, 0.3) is 0 Å². The molecule has 1 amide bonds. The lowest BCUT2D eigenvalue weighted by molar-refractivity contribution is -0.132. The predicted molar refractivity (Wildman–Crippen MR) is 95.9 cm³/mol. The van der Waals surface area contributed by atoms with Gasteiger partial charge in [-0.15, -0.1) is 0 Å². The monoisotopic (exact) mass is 347 g/mol. The van der Waals surface area contributed by atoms with E-state index >= 15 is 0 Å². The Balaban J connectivity index is 1.92. The van der Waals surface area contributed by atoms with E-state index in [9.17, 15) is 4.79 Å². The third-order valence-electron chi connectivity index (χ3n) is 6.23. The van der Waals surface area contributed by atoms with Gasteiger partial charge in [-0.1, -0.05) is 12.8 Å². The fourth-order valence-corrected chi connectivity index (χ4v) is 6.28. The SMILES string of the molecule is COc1cc2c(cc1OC)[C@@]13CCCC[C@@H]1C(SC)C(=O)N3CC2. The van der Waals surface area contributed by atoms with Gasteiger partial charge in [-0.25, -0.2) is 0 Å². The number of hydrogen-bond donors (Lipinski definition) is 0. The van der Waals surface area contributed by atoms with Gasteiger partial charge in [-0.3, -0.25) is 4.79 Å². The second-order valence-electron chi connectivity index (χ2n) is 7.04. The standard InChI is InChI=1S/C19H25NO3S/c1-22-15-10-12-7-9-20-18(21)17(24-3)13-6-4-5-8-19(13,20)14(12)11-16(15)23-2/h10-11,13,17H,4-9H2,1-3H3/t13-,17?,19-/m1/s1. The van der Waals surface area contributed by atoms with Crippen LogP contribution in [0.15, 0.2) is 12.1 Å². The van der Waals surface area contributed by atoms with Gasteiger partial charge in [0.05, 0.1) is 25.0 Å². The van der Waals surface area contributed by atoms with E-state index < -0.39 is 0 Å². The zero-order chi connectivity index (χ0) is 16.9. The van der Waals surface area contributed by atoms with Crippen LogP contribution in [-0.4, -0.2) is 43.1 Å². The van der Waals surface area contributed by atoms with Crippen LogP contribution in [0.4, 0.5) is 0 Å². The van der Waals surface area contributed by atoms with Crippen molar-refractivity contribution in [3.63, 3.8) is 0 Å². The first kappa shape index (κ1) is 16.1. The van der Waals surface area contributed by atoms with Crippen molar-refractivity contribution >= 4 is 17.7 Å². The number of thioether (sulfide) groups is 1. The number of nitrogens with zero attached hydrogens (tertiary/aromatic N) is 1. The Kier molecular flexibility index (Phi) is 3.94. The van der Waals surface area contributed by atoms with E-state index in [1.54, 1.807) is 26.0 Å². The van der Waals surface area contributed by atoms with Crippen molar-refractivity contribution in [2.45, 2.75) is 42.9 Å². The second kappa shape index (κ2) is 5.87. The van der Waals surface area contributed by atoms with Gasteiger partial charge in [0.15, 0.2) is 11.5 Å². The van der Waals surface area contributed by atoms with Crippen molar-refractivity contribution in [1.29, 1.82) is 0 Å². The average molecular weight is 347 g/mol. The number of ether oxygens (including phenoxy) is 2. The quantitative estimate of drug-likeness (QED) is 0.842. The van der Waals surface area contributed by atoms with Crippen LogP contribution in [0.5, 0.6) is 11.5 Å². The van der Waals surface area contributed by atoms with Crippen molar-refractivity contribution in [3.05, 3.63) is 23.3 Å². The molecule has 4 nitrogen and oxygen atoms in total. The summed E-state index contributed by atoms with van der Waals surface area (Å²) < 4.78 is 11.1. The molecule has 0 N–H and O–H groups in total. The van der Waals surface area contributed by atoms with Gasteiger partial charge in [0.25, 0.3) is 0 Å². The molecular weight excluding hydrogens is 322 g/mol. The molecule has 1 aliphatic carbocycles. The maximum atomic E-state index is 13.1. The lowest BCUT2D eigenvalue weighted by atomic mass is 9.66. The van der Waals surface area contributed by atoms with E-state index in [1.165, 1.54) is 24.0 Å². The third-order valence-corrected chi connectivity index (χ3v) is 7.27. The molecular formula is C19H25NO3S. The molecule has 3 aliphatic rings. The molecule has 130 valence electrons. The molecule has 1 aromatic rings. The molecule has 5 heteroatoms. The van der Waals surface area contributed by atoms with Gasteiger partial charge < -0.3 is 14.4 Å². The molecule has 4 rings (SSSR count). The summed E-state index contributed by atoms with van der Waals surface area (Å²) in [6.45, 7) is 0.828. The molecule has 1 unspecified atom stereocenters. The van der Waals surface area contributed by atoms with Crippen molar-refractivity contribution in [2.75, 3.05) is 27.0 Å². The van der Waals surface area contributed by atoms with E-state index in [1.807, 2.05) is 0 Å². The molecule has 2 fully saturated rings. The molecule has 1 saturated carbocycles. The molecule has 0 bridgehead atoms. The smallest absolute Gasteiger partial charge is 0.236 e. The Labute approximate surface area is 147 Å². The van der Waals surface area contributed by atoms with Crippen molar-refractivity contribution in [2.24, 2.45) is 5.92 Å². The number of carbonyl (C=O) groups excluding carboxylic acids is 1. The molecule has 2 aliphatic heterocycles. The Bertz CT molecular complexity index is 677. The summed E-state index contributed by atoms with van der Waals surface area (Å²) in [6.07, 6.45) is 7.61. The number of carbonyl (C=O) groups is 1. The maximum Gasteiger partial charge on any atom is 0.236 e. The van der Waals surface area contributed by atoms with Gasteiger partial charge in [0, 0.05) is 12.5 Å². The summed E-state index contributed by atoms with van der Waals surface area (Å²) in [6, 6.07) is 4.28. The predicted octanol–water partition coefficient (Wildman–Crippen LogP) is 3.22. The number of rotatable bonds is 3. The Hall–Kier alpha value is -1.36. The first-order chi connectivity index (χ1) is 11.7. The number of hydrogen-bond acceptors (Lipinski definition) is 4. The Morgan fingerprint density at radius 3 is 2.67 bits per heavy atom. The molecule has 3 atom stereocenters. The van der Waals surface area contributed by atoms with Crippen LogP contribution in [-0.2, 0) is 16.8 Å². The molecule has 2 heterocycles. The lowest BCUT2D eigenvalue weighted by Gasteiger charge is -2.49. The minimum absolute atomic E-state index is 0.101.